The Bertz CT molecular complexity index is 228. The second-order valence-electron chi connectivity index (χ2n) is 5.65. The molecule has 0 aromatic heterocycles. The van der Waals surface area contributed by atoms with Crippen LogP contribution in [0.1, 0.15) is 32.1 Å². The molecule has 3 heteroatoms. The maximum atomic E-state index is 3.44. The number of hydrogen-bond donors (Lipinski definition) is 1. The number of hydrogen-bond acceptors (Lipinski definition) is 3. The van der Waals surface area contributed by atoms with Gasteiger partial charge in [-0.25, -0.2) is 0 Å². The Morgan fingerprint density at radius 2 is 2.00 bits per heavy atom. The van der Waals surface area contributed by atoms with E-state index in [0.29, 0.717) is 0 Å². The molecule has 2 aliphatic heterocycles. The monoisotopic (exact) mass is 240 g/mol. The average Bonchev–Trinajstić information content (AvgIpc) is 2.92. The van der Waals surface area contributed by atoms with Gasteiger partial charge in [0.15, 0.2) is 0 Å². The summed E-state index contributed by atoms with van der Waals surface area (Å²) in [5.74, 6) is 2.43. The normalized spacial score (nSPS) is 36.0. The van der Waals surface area contributed by atoms with Crippen LogP contribution in [0.25, 0.3) is 0 Å². The van der Waals surface area contributed by atoms with Crippen molar-refractivity contribution in [3.8, 4) is 0 Å². The fourth-order valence-electron chi connectivity index (χ4n) is 3.60. The fourth-order valence-corrected chi connectivity index (χ4v) is 4.84. The van der Waals surface area contributed by atoms with Crippen LogP contribution in [0.3, 0.4) is 0 Å². The first-order valence-corrected chi connectivity index (χ1v) is 8.03. The van der Waals surface area contributed by atoms with Crippen molar-refractivity contribution in [1.29, 1.82) is 0 Å². The van der Waals surface area contributed by atoms with Crippen LogP contribution < -0.4 is 5.32 Å². The summed E-state index contributed by atoms with van der Waals surface area (Å²) in [5.41, 5.74) is 0. The highest BCUT2D eigenvalue weighted by Crippen LogP contribution is 2.37. The van der Waals surface area contributed by atoms with Gasteiger partial charge in [0, 0.05) is 30.1 Å². The molecule has 3 rings (SSSR count). The molecule has 3 aliphatic rings. The zero-order valence-corrected chi connectivity index (χ0v) is 11.0. The number of fused-ring (bicyclic) bond motifs is 2. The van der Waals surface area contributed by atoms with E-state index in [0.717, 1.165) is 17.2 Å². The van der Waals surface area contributed by atoms with E-state index in [-0.39, 0.29) is 0 Å². The van der Waals surface area contributed by atoms with Gasteiger partial charge in [-0.05, 0) is 51.1 Å². The lowest BCUT2D eigenvalue weighted by Crippen LogP contribution is -2.35. The number of rotatable bonds is 4. The van der Waals surface area contributed by atoms with E-state index >= 15 is 0 Å². The molecule has 1 aliphatic carbocycles. The van der Waals surface area contributed by atoms with Crippen LogP contribution in [-0.2, 0) is 0 Å². The number of thioether (sulfide) groups is 1. The van der Waals surface area contributed by atoms with Crippen molar-refractivity contribution in [3.05, 3.63) is 0 Å². The molecular formula is C13H24N2S. The van der Waals surface area contributed by atoms with E-state index < -0.39 is 0 Å². The van der Waals surface area contributed by atoms with Crippen molar-refractivity contribution in [2.24, 2.45) is 5.92 Å². The maximum absolute atomic E-state index is 3.44. The molecule has 1 saturated carbocycles. The minimum atomic E-state index is 0.945. The Morgan fingerprint density at radius 3 is 2.69 bits per heavy atom. The van der Waals surface area contributed by atoms with Crippen molar-refractivity contribution in [3.63, 3.8) is 0 Å². The summed E-state index contributed by atoms with van der Waals surface area (Å²) < 4.78 is 0. The van der Waals surface area contributed by atoms with Crippen molar-refractivity contribution >= 4 is 11.8 Å². The van der Waals surface area contributed by atoms with Gasteiger partial charge in [-0.2, -0.15) is 11.8 Å². The van der Waals surface area contributed by atoms with Crippen molar-refractivity contribution < 1.29 is 0 Å². The first kappa shape index (κ1) is 11.4. The Morgan fingerprint density at radius 1 is 1.12 bits per heavy atom. The Kier molecular flexibility index (Phi) is 3.75. The van der Waals surface area contributed by atoms with E-state index in [2.05, 4.69) is 22.0 Å². The molecule has 1 N–H and O–H groups in total. The molecular weight excluding hydrogens is 216 g/mol. The Labute approximate surface area is 104 Å². The quantitative estimate of drug-likeness (QED) is 0.809. The van der Waals surface area contributed by atoms with Crippen LogP contribution in [0.5, 0.6) is 0 Å². The second-order valence-corrected chi connectivity index (χ2v) is 7.06. The highest BCUT2D eigenvalue weighted by Gasteiger charge is 2.37. The summed E-state index contributed by atoms with van der Waals surface area (Å²) in [7, 11) is 0. The van der Waals surface area contributed by atoms with Gasteiger partial charge in [0.2, 0.25) is 0 Å². The van der Waals surface area contributed by atoms with Crippen LogP contribution in [0.4, 0.5) is 0 Å². The Balaban J connectivity index is 1.34. The Hall–Kier alpha value is 0.270. The predicted molar refractivity (Wildman–Crippen MR) is 71.1 cm³/mol. The van der Waals surface area contributed by atoms with E-state index in [1.165, 1.54) is 64.0 Å². The third kappa shape index (κ3) is 2.57. The van der Waals surface area contributed by atoms with Gasteiger partial charge in [0.05, 0.1) is 0 Å². The maximum Gasteiger partial charge on any atom is 0.00989 e. The molecule has 0 aromatic rings. The zero-order chi connectivity index (χ0) is 10.8. The lowest BCUT2D eigenvalue weighted by Gasteiger charge is -2.28. The first-order chi connectivity index (χ1) is 7.92. The molecule has 0 radical (unpaired) electrons. The van der Waals surface area contributed by atoms with Gasteiger partial charge in [-0.15, -0.1) is 0 Å². The molecule has 2 heterocycles. The highest BCUT2D eigenvalue weighted by atomic mass is 32.2. The molecule has 0 amide bonds. The molecule has 2 saturated heterocycles. The van der Waals surface area contributed by atoms with E-state index in [4.69, 9.17) is 0 Å². The van der Waals surface area contributed by atoms with Crippen molar-refractivity contribution in [2.75, 3.05) is 31.9 Å². The number of nitrogens with one attached hydrogen (secondary N) is 1. The lowest BCUT2D eigenvalue weighted by molar-refractivity contribution is 0.226. The largest absolute Gasteiger partial charge is 0.317 e. The van der Waals surface area contributed by atoms with Gasteiger partial charge in [-0.3, -0.25) is 4.90 Å². The molecule has 3 fully saturated rings. The molecule has 2 atom stereocenters. The standard InChI is InChI=1S/C13H24N2S/c1-2-12-9-11(1)10-15(12)7-8-16-13-3-5-14-6-4-13/h11-14H,1-10H2. The molecule has 2 nitrogen and oxygen atoms in total. The van der Waals surface area contributed by atoms with Gasteiger partial charge >= 0.3 is 0 Å². The molecule has 2 bridgehead atoms. The second kappa shape index (κ2) is 5.28. The summed E-state index contributed by atoms with van der Waals surface area (Å²) in [6, 6.07) is 0.971. The molecule has 2 unspecified atom stereocenters. The third-order valence-electron chi connectivity index (χ3n) is 4.54. The van der Waals surface area contributed by atoms with Crippen LogP contribution in [0.2, 0.25) is 0 Å². The summed E-state index contributed by atoms with van der Waals surface area (Å²) in [6.07, 6.45) is 7.29. The summed E-state index contributed by atoms with van der Waals surface area (Å²) in [4.78, 5) is 2.77. The molecule has 0 spiro atoms. The third-order valence-corrected chi connectivity index (χ3v) is 5.90. The van der Waals surface area contributed by atoms with Gasteiger partial charge in [0.1, 0.15) is 0 Å². The number of piperidine rings is 2. The summed E-state index contributed by atoms with van der Waals surface area (Å²) in [5, 5.41) is 4.39. The SMILES string of the molecule is C1CC(SCCN2CC3CCC2C3)CCN1. The number of likely N-dealkylation sites (tertiary alicyclic amines) is 1. The van der Waals surface area contributed by atoms with Crippen molar-refractivity contribution in [2.45, 2.75) is 43.4 Å². The van der Waals surface area contributed by atoms with E-state index in [1.807, 2.05) is 0 Å². The van der Waals surface area contributed by atoms with Crippen LogP contribution in [-0.4, -0.2) is 48.1 Å². The summed E-state index contributed by atoms with van der Waals surface area (Å²) in [6.45, 7) is 5.26. The van der Waals surface area contributed by atoms with Crippen molar-refractivity contribution in [1.82, 2.24) is 10.2 Å². The van der Waals surface area contributed by atoms with E-state index in [9.17, 15) is 0 Å². The smallest absolute Gasteiger partial charge is 0.00989 e. The first-order valence-electron chi connectivity index (χ1n) is 6.98. The van der Waals surface area contributed by atoms with Crippen LogP contribution >= 0.6 is 11.8 Å². The highest BCUT2D eigenvalue weighted by molar-refractivity contribution is 7.99. The van der Waals surface area contributed by atoms with Crippen LogP contribution in [0.15, 0.2) is 0 Å². The van der Waals surface area contributed by atoms with Crippen LogP contribution in [0, 0.1) is 5.92 Å². The van der Waals surface area contributed by atoms with Gasteiger partial charge < -0.3 is 5.32 Å². The molecule has 92 valence electrons. The topological polar surface area (TPSA) is 15.3 Å². The number of nitrogens with zero attached hydrogens (tertiary/aromatic N) is 1. The lowest BCUT2D eigenvalue weighted by atomic mass is 10.1. The predicted octanol–water partition coefficient (Wildman–Crippen LogP) is 1.96. The minimum absolute atomic E-state index is 0.945. The van der Waals surface area contributed by atoms with Gasteiger partial charge in [-0.1, -0.05) is 0 Å². The minimum Gasteiger partial charge on any atom is -0.317 e. The zero-order valence-electron chi connectivity index (χ0n) is 10.2. The van der Waals surface area contributed by atoms with E-state index in [1.54, 1.807) is 0 Å². The molecule has 0 aromatic carbocycles. The summed E-state index contributed by atoms with van der Waals surface area (Å²) >= 11 is 2.23. The fraction of sp³-hybridized carbons (Fsp3) is 1.00. The van der Waals surface area contributed by atoms with Gasteiger partial charge in [0.25, 0.3) is 0 Å². The molecule has 16 heavy (non-hydrogen) atoms. The average molecular weight is 240 g/mol.